The van der Waals surface area contributed by atoms with Crippen LogP contribution in [0.2, 0.25) is 0 Å². The Kier molecular flexibility index (Phi) is 3.84. The molecule has 2 aliphatic carbocycles. The van der Waals surface area contributed by atoms with Crippen molar-refractivity contribution in [3.05, 3.63) is 47.4 Å². The molecule has 0 saturated carbocycles. The highest BCUT2D eigenvalue weighted by Crippen LogP contribution is 2.40. The van der Waals surface area contributed by atoms with E-state index in [2.05, 4.69) is 31.3 Å². The van der Waals surface area contributed by atoms with Gasteiger partial charge in [0.1, 0.15) is 11.7 Å². The van der Waals surface area contributed by atoms with Crippen LogP contribution in [0.15, 0.2) is 36.3 Å². The molecule has 0 unspecified atom stereocenters. The van der Waals surface area contributed by atoms with Crippen LogP contribution in [0.25, 0.3) is 22.3 Å². The second kappa shape index (κ2) is 6.30. The predicted molar refractivity (Wildman–Crippen MR) is 99.7 cm³/mol. The number of hydrogen-bond donors (Lipinski definition) is 2. The Morgan fingerprint density at radius 3 is 2.79 bits per heavy atom. The number of fused-ring (bicyclic) bond motifs is 2. The number of rotatable bonds is 3. The molecule has 0 saturated heterocycles. The lowest BCUT2D eigenvalue weighted by Crippen LogP contribution is -2.27. The molecule has 2 atom stereocenters. The van der Waals surface area contributed by atoms with Crippen LogP contribution in [0.5, 0.6) is 0 Å². The van der Waals surface area contributed by atoms with Crippen LogP contribution in [0, 0.1) is 17.2 Å². The van der Waals surface area contributed by atoms with Crippen molar-refractivity contribution >= 4 is 17.0 Å². The Bertz CT molecular complexity index is 1190. The van der Waals surface area contributed by atoms with Gasteiger partial charge in [-0.25, -0.2) is 15.0 Å². The number of nitrogens with one attached hydrogen (secondary N) is 2. The van der Waals surface area contributed by atoms with E-state index >= 15 is 0 Å². The van der Waals surface area contributed by atoms with Crippen LogP contribution in [0.1, 0.15) is 30.4 Å². The molecule has 5 rings (SSSR count). The van der Waals surface area contributed by atoms with Gasteiger partial charge in [0.05, 0.1) is 23.0 Å². The first-order valence-corrected chi connectivity index (χ1v) is 9.20. The van der Waals surface area contributed by atoms with E-state index in [0.29, 0.717) is 23.1 Å². The fourth-order valence-corrected chi connectivity index (χ4v) is 4.16. The number of nitrogens with zero attached hydrogens (tertiary/aromatic N) is 4. The van der Waals surface area contributed by atoms with Crippen molar-refractivity contribution < 1.29 is 13.2 Å². The molecule has 0 fully saturated rings. The number of nitriles is 1. The number of aromatic amines is 1. The lowest BCUT2D eigenvalue weighted by Gasteiger charge is -2.23. The number of aromatic nitrogens is 4. The van der Waals surface area contributed by atoms with Crippen molar-refractivity contribution in [3.8, 4) is 17.3 Å². The third kappa shape index (κ3) is 3.01. The largest absolute Gasteiger partial charge is 0.417 e. The van der Waals surface area contributed by atoms with Gasteiger partial charge >= 0.3 is 6.18 Å². The van der Waals surface area contributed by atoms with Gasteiger partial charge < -0.3 is 10.3 Å². The summed E-state index contributed by atoms with van der Waals surface area (Å²) >= 11 is 0. The first-order chi connectivity index (χ1) is 13.9. The summed E-state index contributed by atoms with van der Waals surface area (Å²) in [6.45, 7) is 0. The molecule has 0 spiro atoms. The SMILES string of the molecule is N#Cc1cnc(N[C@@H]2CC3=C[C@H]2CC3)nc1-c1c[nH]c2ncc(C(F)(F)F)cc12. The molecule has 0 radical (unpaired) electrons. The van der Waals surface area contributed by atoms with E-state index in [4.69, 9.17) is 0 Å². The number of anilines is 1. The van der Waals surface area contributed by atoms with Gasteiger partial charge in [-0.1, -0.05) is 11.6 Å². The first kappa shape index (κ1) is 17.7. The summed E-state index contributed by atoms with van der Waals surface area (Å²) in [6.07, 6.45) is 4.64. The molecule has 2 N–H and O–H groups in total. The number of alkyl halides is 3. The molecule has 9 heteroatoms. The molecule has 6 nitrogen and oxygen atoms in total. The molecule has 29 heavy (non-hydrogen) atoms. The highest BCUT2D eigenvalue weighted by atomic mass is 19.4. The number of halogens is 3. The third-order valence-electron chi connectivity index (χ3n) is 5.58. The van der Waals surface area contributed by atoms with E-state index < -0.39 is 11.7 Å². The van der Waals surface area contributed by atoms with Crippen molar-refractivity contribution in [1.29, 1.82) is 5.26 Å². The quantitative estimate of drug-likeness (QED) is 0.639. The van der Waals surface area contributed by atoms with Crippen molar-refractivity contribution in [3.63, 3.8) is 0 Å². The van der Waals surface area contributed by atoms with Gasteiger partial charge in [0, 0.05) is 29.4 Å². The molecular weight excluding hydrogens is 381 g/mol. The van der Waals surface area contributed by atoms with Crippen molar-refractivity contribution in [2.24, 2.45) is 5.92 Å². The van der Waals surface area contributed by atoms with Gasteiger partial charge in [0.2, 0.25) is 5.95 Å². The van der Waals surface area contributed by atoms with E-state index in [9.17, 15) is 18.4 Å². The maximum Gasteiger partial charge on any atom is 0.417 e. The predicted octanol–water partition coefficient (Wildman–Crippen LogP) is 4.43. The maximum absolute atomic E-state index is 13.1. The zero-order valence-corrected chi connectivity index (χ0v) is 15.1. The van der Waals surface area contributed by atoms with Crippen LogP contribution >= 0.6 is 0 Å². The second-order valence-corrected chi connectivity index (χ2v) is 7.37. The number of hydrogen-bond acceptors (Lipinski definition) is 5. The number of pyridine rings is 1. The molecular formula is C20H15F3N6. The summed E-state index contributed by atoms with van der Waals surface area (Å²) in [4.78, 5) is 15.4. The molecule has 0 amide bonds. The normalized spacial score (nSPS) is 20.7. The highest BCUT2D eigenvalue weighted by Gasteiger charge is 2.33. The Balaban J connectivity index is 1.55. The third-order valence-corrected chi connectivity index (χ3v) is 5.58. The van der Waals surface area contributed by atoms with Crippen molar-refractivity contribution in [1.82, 2.24) is 19.9 Å². The van der Waals surface area contributed by atoms with E-state index in [1.807, 2.05) is 6.07 Å². The van der Waals surface area contributed by atoms with E-state index in [1.165, 1.54) is 18.0 Å². The average molecular weight is 396 g/mol. The minimum Gasteiger partial charge on any atom is -0.351 e. The Morgan fingerprint density at radius 1 is 1.24 bits per heavy atom. The van der Waals surface area contributed by atoms with Gasteiger partial charge in [-0.3, -0.25) is 0 Å². The van der Waals surface area contributed by atoms with Crippen LogP contribution in [-0.2, 0) is 6.18 Å². The fraction of sp³-hybridized carbons (Fsp3) is 0.300. The van der Waals surface area contributed by atoms with E-state index in [1.54, 1.807) is 0 Å². The minimum absolute atomic E-state index is 0.183. The van der Waals surface area contributed by atoms with E-state index in [0.717, 1.165) is 31.5 Å². The van der Waals surface area contributed by atoms with Gasteiger partial charge in [-0.15, -0.1) is 0 Å². The molecule has 146 valence electrons. The minimum atomic E-state index is -4.51. The Labute approximate surface area is 163 Å². The average Bonchev–Trinajstić information content (AvgIpc) is 3.42. The summed E-state index contributed by atoms with van der Waals surface area (Å²) in [5.74, 6) is 0.805. The summed E-state index contributed by atoms with van der Waals surface area (Å²) in [7, 11) is 0. The first-order valence-electron chi connectivity index (χ1n) is 9.20. The van der Waals surface area contributed by atoms with Gasteiger partial charge in [-0.05, 0) is 31.2 Å². The molecule has 0 aliphatic heterocycles. The van der Waals surface area contributed by atoms with Crippen LogP contribution in [0.3, 0.4) is 0 Å². The lowest BCUT2D eigenvalue weighted by molar-refractivity contribution is -0.137. The van der Waals surface area contributed by atoms with Crippen LogP contribution in [-0.4, -0.2) is 26.0 Å². The zero-order valence-electron chi connectivity index (χ0n) is 15.1. The van der Waals surface area contributed by atoms with Crippen LogP contribution < -0.4 is 5.32 Å². The highest BCUT2D eigenvalue weighted by molar-refractivity contribution is 5.94. The molecule has 3 heterocycles. The molecule has 2 aliphatic rings. The van der Waals surface area contributed by atoms with Crippen LogP contribution in [0.4, 0.5) is 19.1 Å². The van der Waals surface area contributed by atoms with Gasteiger partial charge in [0.25, 0.3) is 0 Å². The molecule has 2 bridgehead atoms. The molecule has 0 aromatic carbocycles. The topological polar surface area (TPSA) is 90.3 Å². The monoisotopic (exact) mass is 396 g/mol. The van der Waals surface area contributed by atoms with Crippen molar-refractivity contribution in [2.75, 3.05) is 5.32 Å². The Hall–Kier alpha value is -3.41. The summed E-state index contributed by atoms with van der Waals surface area (Å²) < 4.78 is 39.4. The summed E-state index contributed by atoms with van der Waals surface area (Å²) in [5.41, 5.74) is 1.72. The smallest absolute Gasteiger partial charge is 0.351 e. The van der Waals surface area contributed by atoms with Gasteiger partial charge in [0.15, 0.2) is 0 Å². The summed E-state index contributed by atoms with van der Waals surface area (Å²) in [6, 6.07) is 3.25. The second-order valence-electron chi connectivity index (χ2n) is 7.37. The standard InChI is InChI=1S/C20H15F3N6/c21-20(22,23)13-5-14-15(9-26-18(14)25-8-13)17-12(6-24)7-27-19(29-17)28-16-4-10-1-2-11(16)3-10/h3,5,7-9,11,16H,1-2,4H2,(H,25,26)(H,27,28,29)/t11-,16-/m1/s1. The van der Waals surface area contributed by atoms with Crippen molar-refractivity contribution in [2.45, 2.75) is 31.5 Å². The maximum atomic E-state index is 13.1. The van der Waals surface area contributed by atoms with E-state index in [-0.39, 0.29) is 22.7 Å². The summed E-state index contributed by atoms with van der Waals surface area (Å²) in [5, 5.41) is 13.0. The Morgan fingerprint density at radius 2 is 2.10 bits per heavy atom. The zero-order chi connectivity index (χ0) is 20.2. The fourth-order valence-electron chi connectivity index (χ4n) is 4.16. The molecule has 3 aromatic heterocycles. The number of H-pyrrole nitrogens is 1. The molecule has 3 aromatic rings. The lowest BCUT2D eigenvalue weighted by atomic mass is 9.94. The van der Waals surface area contributed by atoms with Gasteiger partial charge in [-0.2, -0.15) is 18.4 Å².